The minimum atomic E-state index is 0. The molecule has 1 heterocycles. The molecule has 0 saturated carbocycles. The highest BCUT2D eigenvalue weighted by molar-refractivity contribution is 14.0. The fourth-order valence-electron chi connectivity index (χ4n) is 2.08. The Hall–Kier alpha value is -0.0800. The molecule has 0 amide bonds. The maximum atomic E-state index is 5.79. The molecule has 0 bridgehead atoms. The molecule has 1 saturated heterocycles. The zero-order valence-electron chi connectivity index (χ0n) is 11.5. The third kappa shape index (κ3) is 8.10. The largest absolute Gasteiger partial charge is 0.383 e. The minimum Gasteiger partial charge on any atom is -0.383 e. The summed E-state index contributed by atoms with van der Waals surface area (Å²) in [6, 6.07) is 0.207. The van der Waals surface area contributed by atoms with E-state index in [4.69, 9.17) is 10.5 Å². The molecule has 1 atom stereocenters. The molecule has 108 valence electrons. The van der Waals surface area contributed by atoms with Gasteiger partial charge in [0.25, 0.3) is 0 Å². The van der Waals surface area contributed by atoms with E-state index in [2.05, 4.69) is 15.2 Å². The van der Waals surface area contributed by atoms with Crippen LogP contribution in [0.5, 0.6) is 0 Å². The number of aliphatic imine (C=N–C) groups is 1. The van der Waals surface area contributed by atoms with Crippen molar-refractivity contribution in [3.05, 3.63) is 0 Å². The SMILES string of the molecule is COCC(C)NC(N)=NCCN1CCCCC1.I. The van der Waals surface area contributed by atoms with Crippen molar-refractivity contribution in [1.82, 2.24) is 10.2 Å². The van der Waals surface area contributed by atoms with Crippen molar-refractivity contribution in [2.75, 3.05) is 39.9 Å². The van der Waals surface area contributed by atoms with Crippen LogP contribution in [0.25, 0.3) is 0 Å². The second-order valence-corrected chi connectivity index (χ2v) is 4.67. The van der Waals surface area contributed by atoms with Crippen molar-refractivity contribution in [3.63, 3.8) is 0 Å². The maximum Gasteiger partial charge on any atom is 0.188 e. The third-order valence-electron chi connectivity index (χ3n) is 2.96. The molecular weight excluding hydrogens is 343 g/mol. The lowest BCUT2D eigenvalue weighted by atomic mass is 10.1. The number of nitrogens with two attached hydrogens (primary N) is 1. The molecule has 1 aliphatic heterocycles. The summed E-state index contributed by atoms with van der Waals surface area (Å²) in [5.74, 6) is 0.520. The van der Waals surface area contributed by atoms with Gasteiger partial charge in [0.15, 0.2) is 5.96 Å². The van der Waals surface area contributed by atoms with E-state index in [0.717, 1.165) is 13.1 Å². The van der Waals surface area contributed by atoms with Gasteiger partial charge in [-0.1, -0.05) is 6.42 Å². The van der Waals surface area contributed by atoms with Crippen molar-refractivity contribution < 1.29 is 4.74 Å². The Kier molecular flexibility index (Phi) is 10.8. The fraction of sp³-hybridized carbons (Fsp3) is 0.917. The number of methoxy groups -OCH3 is 1. The fourth-order valence-corrected chi connectivity index (χ4v) is 2.08. The van der Waals surface area contributed by atoms with Gasteiger partial charge < -0.3 is 20.7 Å². The van der Waals surface area contributed by atoms with E-state index in [1.54, 1.807) is 7.11 Å². The highest BCUT2D eigenvalue weighted by atomic mass is 127. The first kappa shape index (κ1) is 17.9. The van der Waals surface area contributed by atoms with E-state index in [1.807, 2.05) is 6.92 Å². The molecule has 1 rings (SSSR count). The first-order valence-electron chi connectivity index (χ1n) is 6.50. The van der Waals surface area contributed by atoms with Crippen LogP contribution in [0.3, 0.4) is 0 Å². The lowest BCUT2D eigenvalue weighted by molar-refractivity contribution is 0.179. The Bertz CT molecular complexity index is 232. The van der Waals surface area contributed by atoms with Gasteiger partial charge in [0, 0.05) is 19.7 Å². The predicted molar refractivity (Wildman–Crippen MR) is 86.7 cm³/mol. The van der Waals surface area contributed by atoms with Gasteiger partial charge in [0.1, 0.15) is 0 Å². The van der Waals surface area contributed by atoms with E-state index in [1.165, 1.54) is 32.4 Å². The number of hydrogen-bond acceptors (Lipinski definition) is 3. The molecule has 3 N–H and O–H groups in total. The van der Waals surface area contributed by atoms with Crippen molar-refractivity contribution in [1.29, 1.82) is 0 Å². The first-order valence-corrected chi connectivity index (χ1v) is 6.50. The van der Waals surface area contributed by atoms with Crippen LogP contribution in [0.1, 0.15) is 26.2 Å². The van der Waals surface area contributed by atoms with Crippen molar-refractivity contribution in [3.8, 4) is 0 Å². The number of nitrogens with zero attached hydrogens (tertiary/aromatic N) is 2. The molecule has 0 aliphatic carbocycles. The number of likely N-dealkylation sites (tertiary alicyclic amines) is 1. The summed E-state index contributed by atoms with van der Waals surface area (Å²) in [7, 11) is 1.68. The number of nitrogens with one attached hydrogen (secondary N) is 1. The molecule has 0 aromatic carbocycles. The van der Waals surface area contributed by atoms with Crippen LogP contribution < -0.4 is 11.1 Å². The molecule has 0 spiro atoms. The molecule has 0 aromatic heterocycles. The number of ether oxygens (including phenoxy) is 1. The Morgan fingerprint density at radius 2 is 2.06 bits per heavy atom. The van der Waals surface area contributed by atoms with Gasteiger partial charge >= 0.3 is 0 Å². The lowest BCUT2D eigenvalue weighted by Crippen LogP contribution is -2.41. The standard InChI is InChI=1S/C12H26N4O.HI/c1-11(10-17-2)15-12(13)14-6-9-16-7-4-3-5-8-16;/h11H,3-10H2,1-2H3,(H3,13,14,15);1H. The number of halogens is 1. The smallest absolute Gasteiger partial charge is 0.188 e. The summed E-state index contributed by atoms with van der Waals surface area (Å²) in [5, 5.41) is 3.10. The van der Waals surface area contributed by atoms with E-state index in [0.29, 0.717) is 12.6 Å². The summed E-state index contributed by atoms with van der Waals surface area (Å²) in [6.07, 6.45) is 4.02. The third-order valence-corrected chi connectivity index (χ3v) is 2.96. The summed E-state index contributed by atoms with van der Waals surface area (Å²) in [6.45, 7) is 6.88. The van der Waals surface area contributed by atoms with Crippen LogP contribution in [0, 0.1) is 0 Å². The van der Waals surface area contributed by atoms with Gasteiger partial charge in [0.05, 0.1) is 13.2 Å². The number of piperidine rings is 1. The molecule has 0 radical (unpaired) electrons. The van der Waals surface area contributed by atoms with Crippen LogP contribution in [0.4, 0.5) is 0 Å². The average molecular weight is 370 g/mol. The topological polar surface area (TPSA) is 62.9 Å². The van der Waals surface area contributed by atoms with Crippen LogP contribution >= 0.6 is 24.0 Å². The van der Waals surface area contributed by atoms with Crippen molar-refractivity contribution in [2.45, 2.75) is 32.2 Å². The van der Waals surface area contributed by atoms with Gasteiger partial charge in [0.2, 0.25) is 0 Å². The number of rotatable bonds is 6. The lowest BCUT2D eigenvalue weighted by Gasteiger charge is -2.25. The summed E-state index contributed by atoms with van der Waals surface area (Å²) >= 11 is 0. The molecule has 18 heavy (non-hydrogen) atoms. The quantitative estimate of drug-likeness (QED) is 0.417. The monoisotopic (exact) mass is 370 g/mol. The zero-order valence-corrected chi connectivity index (χ0v) is 13.9. The molecule has 6 heteroatoms. The van der Waals surface area contributed by atoms with Crippen LogP contribution in [-0.2, 0) is 4.74 Å². The van der Waals surface area contributed by atoms with Gasteiger partial charge in [-0.25, -0.2) is 0 Å². The first-order chi connectivity index (χ1) is 8.22. The van der Waals surface area contributed by atoms with E-state index in [-0.39, 0.29) is 30.0 Å². The van der Waals surface area contributed by atoms with Crippen molar-refractivity contribution in [2.24, 2.45) is 10.7 Å². The maximum absolute atomic E-state index is 5.79. The number of hydrogen-bond donors (Lipinski definition) is 2. The van der Waals surface area contributed by atoms with E-state index in [9.17, 15) is 0 Å². The Balaban J connectivity index is 0.00000289. The summed E-state index contributed by atoms with van der Waals surface area (Å²) in [4.78, 5) is 6.78. The van der Waals surface area contributed by atoms with Crippen LogP contribution in [0.15, 0.2) is 4.99 Å². The zero-order chi connectivity index (χ0) is 12.5. The molecular formula is C12H27IN4O. The molecule has 5 nitrogen and oxygen atoms in total. The summed E-state index contributed by atoms with van der Waals surface area (Å²) < 4.78 is 5.02. The van der Waals surface area contributed by atoms with Gasteiger partial charge in [-0.15, -0.1) is 24.0 Å². The Morgan fingerprint density at radius 3 is 2.67 bits per heavy atom. The van der Waals surface area contributed by atoms with Gasteiger partial charge in [-0.3, -0.25) is 4.99 Å². The molecule has 1 fully saturated rings. The Morgan fingerprint density at radius 1 is 1.39 bits per heavy atom. The van der Waals surface area contributed by atoms with E-state index < -0.39 is 0 Å². The van der Waals surface area contributed by atoms with Gasteiger partial charge in [-0.05, 0) is 32.9 Å². The van der Waals surface area contributed by atoms with Crippen molar-refractivity contribution >= 4 is 29.9 Å². The van der Waals surface area contributed by atoms with Gasteiger partial charge in [-0.2, -0.15) is 0 Å². The highest BCUT2D eigenvalue weighted by Crippen LogP contribution is 2.07. The normalized spacial score (nSPS) is 19.1. The second kappa shape index (κ2) is 10.8. The summed E-state index contributed by atoms with van der Waals surface area (Å²) in [5.41, 5.74) is 5.79. The van der Waals surface area contributed by atoms with E-state index >= 15 is 0 Å². The average Bonchev–Trinajstić information content (AvgIpc) is 2.30. The highest BCUT2D eigenvalue weighted by Gasteiger charge is 2.08. The number of guanidine groups is 1. The predicted octanol–water partition coefficient (Wildman–Crippen LogP) is 1.03. The van der Waals surface area contributed by atoms with Crippen LogP contribution in [0.2, 0.25) is 0 Å². The molecule has 0 aromatic rings. The molecule has 1 aliphatic rings. The second-order valence-electron chi connectivity index (χ2n) is 4.67. The Labute approximate surface area is 128 Å². The molecule has 1 unspecified atom stereocenters. The minimum absolute atomic E-state index is 0. The van der Waals surface area contributed by atoms with Crippen LogP contribution in [-0.4, -0.2) is 56.8 Å².